The van der Waals surface area contributed by atoms with Gasteiger partial charge in [0.15, 0.2) is 0 Å². The van der Waals surface area contributed by atoms with Crippen LogP contribution in [0.3, 0.4) is 0 Å². The lowest BCUT2D eigenvalue weighted by Gasteiger charge is -2.00. The zero-order valence-electron chi connectivity index (χ0n) is 11.0. The van der Waals surface area contributed by atoms with Gasteiger partial charge in [-0.2, -0.15) is 0 Å². The minimum atomic E-state index is -0.392. The Kier molecular flexibility index (Phi) is 3.76. The summed E-state index contributed by atoms with van der Waals surface area (Å²) >= 11 is 0. The van der Waals surface area contributed by atoms with Crippen molar-refractivity contribution in [2.75, 3.05) is 0 Å². The Balaban J connectivity index is 2.17. The first kappa shape index (κ1) is 13.0. The van der Waals surface area contributed by atoms with Crippen LogP contribution in [-0.2, 0) is 0 Å². The molecule has 0 unspecified atom stereocenters. The molecule has 0 aliphatic heterocycles. The standard InChI is InChI=1S/C16H15NO2/c1-12-3-4-15(11-13(12)2)6-5-14-7-9-16(10-8-14)17(18)19/h3-11H,1-2H3/b6-5+. The number of rotatable bonds is 3. The summed E-state index contributed by atoms with van der Waals surface area (Å²) in [6.45, 7) is 4.16. The van der Waals surface area contributed by atoms with Crippen molar-refractivity contribution in [2.45, 2.75) is 13.8 Å². The van der Waals surface area contributed by atoms with Crippen molar-refractivity contribution in [3.63, 3.8) is 0 Å². The largest absolute Gasteiger partial charge is 0.269 e. The third-order valence-electron chi connectivity index (χ3n) is 3.10. The van der Waals surface area contributed by atoms with E-state index in [2.05, 4.69) is 32.0 Å². The molecule has 0 radical (unpaired) electrons. The fraction of sp³-hybridized carbons (Fsp3) is 0.125. The van der Waals surface area contributed by atoms with Crippen LogP contribution in [-0.4, -0.2) is 4.92 Å². The maximum atomic E-state index is 10.5. The highest BCUT2D eigenvalue weighted by molar-refractivity contribution is 5.70. The van der Waals surface area contributed by atoms with Crippen LogP contribution in [0, 0.1) is 24.0 Å². The van der Waals surface area contributed by atoms with Crippen molar-refractivity contribution in [3.05, 3.63) is 74.8 Å². The minimum Gasteiger partial charge on any atom is -0.258 e. The van der Waals surface area contributed by atoms with Gasteiger partial charge < -0.3 is 0 Å². The van der Waals surface area contributed by atoms with Gasteiger partial charge in [0.05, 0.1) is 4.92 Å². The summed E-state index contributed by atoms with van der Waals surface area (Å²) in [5, 5.41) is 10.5. The van der Waals surface area contributed by atoms with E-state index in [9.17, 15) is 10.1 Å². The van der Waals surface area contributed by atoms with Gasteiger partial charge >= 0.3 is 0 Å². The first-order valence-electron chi connectivity index (χ1n) is 6.06. The fourth-order valence-electron chi connectivity index (χ4n) is 1.77. The maximum Gasteiger partial charge on any atom is 0.269 e. The number of nitrogens with zero attached hydrogens (tertiary/aromatic N) is 1. The van der Waals surface area contributed by atoms with Crippen molar-refractivity contribution < 1.29 is 4.92 Å². The molecular weight excluding hydrogens is 238 g/mol. The number of nitro benzene ring substituents is 1. The molecule has 0 aliphatic carbocycles. The predicted octanol–water partition coefficient (Wildman–Crippen LogP) is 4.38. The van der Waals surface area contributed by atoms with Gasteiger partial charge in [-0.15, -0.1) is 0 Å². The first-order valence-corrected chi connectivity index (χ1v) is 6.06. The van der Waals surface area contributed by atoms with Crippen molar-refractivity contribution in [1.29, 1.82) is 0 Å². The van der Waals surface area contributed by atoms with Crippen molar-refractivity contribution in [1.82, 2.24) is 0 Å². The lowest BCUT2D eigenvalue weighted by atomic mass is 10.1. The van der Waals surface area contributed by atoms with Gasteiger partial charge in [-0.25, -0.2) is 0 Å². The summed E-state index contributed by atoms with van der Waals surface area (Å²) in [6, 6.07) is 12.8. The van der Waals surface area contributed by atoms with Crippen LogP contribution in [0.1, 0.15) is 22.3 Å². The Morgan fingerprint density at radius 2 is 1.47 bits per heavy atom. The van der Waals surface area contributed by atoms with Crippen molar-refractivity contribution in [2.24, 2.45) is 0 Å². The zero-order chi connectivity index (χ0) is 13.8. The van der Waals surface area contributed by atoms with Crippen LogP contribution in [0.5, 0.6) is 0 Å². The van der Waals surface area contributed by atoms with E-state index in [1.165, 1.54) is 23.3 Å². The average molecular weight is 253 g/mol. The molecule has 0 atom stereocenters. The third kappa shape index (κ3) is 3.28. The number of nitro groups is 1. The molecule has 0 aromatic heterocycles. The first-order chi connectivity index (χ1) is 9.06. The van der Waals surface area contributed by atoms with Gasteiger partial charge in [-0.1, -0.05) is 30.4 Å². The molecule has 2 aromatic carbocycles. The molecule has 96 valence electrons. The molecule has 3 nitrogen and oxygen atoms in total. The lowest BCUT2D eigenvalue weighted by molar-refractivity contribution is -0.384. The fourth-order valence-corrected chi connectivity index (χ4v) is 1.77. The quantitative estimate of drug-likeness (QED) is 0.462. The summed E-state index contributed by atoms with van der Waals surface area (Å²) in [5.41, 5.74) is 4.71. The molecule has 3 heteroatoms. The molecule has 0 bridgehead atoms. The van der Waals surface area contributed by atoms with E-state index in [1.54, 1.807) is 12.1 Å². The Bertz CT molecular complexity index is 628. The number of benzene rings is 2. The predicted molar refractivity (Wildman–Crippen MR) is 77.9 cm³/mol. The van der Waals surface area contributed by atoms with Crippen LogP contribution in [0.15, 0.2) is 42.5 Å². The van der Waals surface area contributed by atoms with Gasteiger partial charge in [-0.05, 0) is 48.2 Å². The Morgan fingerprint density at radius 3 is 2.05 bits per heavy atom. The summed E-state index contributed by atoms with van der Waals surface area (Å²) in [7, 11) is 0. The van der Waals surface area contributed by atoms with Gasteiger partial charge in [0.1, 0.15) is 0 Å². The summed E-state index contributed by atoms with van der Waals surface area (Å²) in [6.07, 6.45) is 3.96. The highest BCUT2D eigenvalue weighted by Crippen LogP contribution is 2.15. The third-order valence-corrected chi connectivity index (χ3v) is 3.10. The normalized spacial score (nSPS) is 10.8. The molecule has 0 aliphatic rings. The molecule has 0 N–H and O–H groups in total. The molecule has 0 saturated carbocycles. The van der Waals surface area contributed by atoms with E-state index in [4.69, 9.17) is 0 Å². The van der Waals surface area contributed by atoms with Gasteiger partial charge in [0.2, 0.25) is 0 Å². The Hall–Kier alpha value is -2.42. The van der Waals surface area contributed by atoms with Gasteiger partial charge in [0, 0.05) is 12.1 Å². The average Bonchev–Trinajstić information content (AvgIpc) is 2.40. The van der Waals surface area contributed by atoms with Crippen LogP contribution >= 0.6 is 0 Å². The van der Waals surface area contributed by atoms with Crippen LogP contribution in [0.25, 0.3) is 12.2 Å². The van der Waals surface area contributed by atoms with E-state index in [0.717, 1.165) is 11.1 Å². The Morgan fingerprint density at radius 1 is 0.895 bits per heavy atom. The monoisotopic (exact) mass is 253 g/mol. The van der Waals surface area contributed by atoms with Gasteiger partial charge in [0.25, 0.3) is 5.69 Å². The second-order valence-corrected chi connectivity index (χ2v) is 4.53. The number of hydrogen-bond acceptors (Lipinski definition) is 2. The summed E-state index contributed by atoms with van der Waals surface area (Å²) in [4.78, 5) is 10.2. The smallest absolute Gasteiger partial charge is 0.258 e. The second-order valence-electron chi connectivity index (χ2n) is 4.53. The Labute approximate surface area is 112 Å². The summed E-state index contributed by atoms with van der Waals surface area (Å²) in [5.74, 6) is 0. The van der Waals surface area contributed by atoms with Crippen LogP contribution in [0.4, 0.5) is 5.69 Å². The molecule has 19 heavy (non-hydrogen) atoms. The number of hydrogen-bond donors (Lipinski definition) is 0. The molecule has 0 heterocycles. The highest BCUT2D eigenvalue weighted by atomic mass is 16.6. The van der Waals surface area contributed by atoms with E-state index < -0.39 is 4.92 Å². The van der Waals surface area contributed by atoms with Crippen molar-refractivity contribution in [3.8, 4) is 0 Å². The van der Waals surface area contributed by atoms with Gasteiger partial charge in [-0.3, -0.25) is 10.1 Å². The van der Waals surface area contributed by atoms with Crippen LogP contribution in [0.2, 0.25) is 0 Å². The molecule has 0 amide bonds. The van der Waals surface area contributed by atoms with E-state index in [-0.39, 0.29) is 5.69 Å². The maximum absolute atomic E-state index is 10.5. The molecule has 0 saturated heterocycles. The molecule has 0 spiro atoms. The molecule has 2 aromatic rings. The molecule has 2 rings (SSSR count). The second kappa shape index (κ2) is 5.48. The van der Waals surface area contributed by atoms with E-state index in [0.29, 0.717) is 0 Å². The number of aryl methyl sites for hydroxylation is 2. The zero-order valence-corrected chi connectivity index (χ0v) is 11.0. The lowest BCUT2D eigenvalue weighted by Crippen LogP contribution is -1.86. The highest BCUT2D eigenvalue weighted by Gasteiger charge is 2.02. The SMILES string of the molecule is Cc1ccc(/C=C/c2ccc([N+](=O)[O-])cc2)cc1C. The molecular formula is C16H15NO2. The minimum absolute atomic E-state index is 0.114. The molecule has 0 fully saturated rings. The van der Waals surface area contributed by atoms with Crippen molar-refractivity contribution >= 4 is 17.8 Å². The van der Waals surface area contributed by atoms with Crippen LogP contribution < -0.4 is 0 Å². The van der Waals surface area contributed by atoms with E-state index >= 15 is 0 Å². The topological polar surface area (TPSA) is 43.1 Å². The van der Waals surface area contributed by atoms with E-state index in [1.807, 2.05) is 12.2 Å². The summed E-state index contributed by atoms with van der Waals surface area (Å²) < 4.78 is 0. The number of non-ortho nitro benzene ring substituents is 1.